The number of nitrogen functional groups attached to an aromatic ring is 1. The molecule has 1 aromatic rings. The number of anilines is 1. The van der Waals surface area contributed by atoms with Gasteiger partial charge in [0.05, 0.1) is 18.3 Å². The van der Waals surface area contributed by atoms with E-state index in [9.17, 15) is 4.79 Å². The van der Waals surface area contributed by atoms with E-state index in [2.05, 4.69) is 4.98 Å². The molecular weight excluding hydrogens is 238 g/mol. The third-order valence-corrected chi connectivity index (χ3v) is 2.46. The van der Waals surface area contributed by atoms with Crippen LogP contribution >= 0.6 is 12.4 Å². The molecule has 96 valence electrons. The number of pyridine rings is 1. The number of nitrogens with zero attached hydrogens (tertiary/aromatic N) is 2. The molecule has 0 aliphatic heterocycles. The number of hydrogen-bond acceptors (Lipinski definition) is 3. The number of nitrogens with two attached hydrogens (primary N) is 1. The molecule has 0 saturated heterocycles. The molecule has 0 radical (unpaired) electrons. The van der Waals surface area contributed by atoms with Crippen molar-refractivity contribution in [3.63, 3.8) is 0 Å². The second-order valence-corrected chi connectivity index (χ2v) is 4.03. The summed E-state index contributed by atoms with van der Waals surface area (Å²) >= 11 is 0. The van der Waals surface area contributed by atoms with Crippen LogP contribution < -0.4 is 5.73 Å². The van der Waals surface area contributed by atoms with E-state index in [4.69, 9.17) is 5.73 Å². The Morgan fingerprint density at radius 3 is 2.53 bits per heavy atom. The molecule has 5 heteroatoms. The number of hydrogen-bond donors (Lipinski definition) is 1. The van der Waals surface area contributed by atoms with E-state index in [-0.39, 0.29) is 24.4 Å². The van der Waals surface area contributed by atoms with Gasteiger partial charge >= 0.3 is 0 Å². The monoisotopic (exact) mass is 257 g/mol. The highest BCUT2D eigenvalue weighted by Gasteiger charge is 2.15. The van der Waals surface area contributed by atoms with Crippen LogP contribution in [0, 0.1) is 0 Å². The van der Waals surface area contributed by atoms with Crippen molar-refractivity contribution >= 4 is 24.0 Å². The van der Waals surface area contributed by atoms with Crippen LogP contribution in [0.5, 0.6) is 0 Å². The maximum absolute atomic E-state index is 11.9. The smallest absolute Gasteiger partial charge is 0.228 e. The lowest BCUT2D eigenvalue weighted by Crippen LogP contribution is -2.37. The predicted molar refractivity (Wildman–Crippen MR) is 72.1 cm³/mol. The van der Waals surface area contributed by atoms with Gasteiger partial charge in [0.15, 0.2) is 0 Å². The Labute approximate surface area is 109 Å². The molecule has 0 atom stereocenters. The van der Waals surface area contributed by atoms with Crippen LogP contribution in [0.1, 0.15) is 26.5 Å². The lowest BCUT2D eigenvalue weighted by molar-refractivity contribution is -0.131. The van der Waals surface area contributed by atoms with Crippen LogP contribution in [-0.4, -0.2) is 28.4 Å². The minimum atomic E-state index is 0. The molecule has 0 aromatic carbocycles. The Morgan fingerprint density at radius 1 is 1.47 bits per heavy atom. The van der Waals surface area contributed by atoms with Crippen molar-refractivity contribution in [1.29, 1.82) is 0 Å². The van der Waals surface area contributed by atoms with Gasteiger partial charge in [0.1, 0.15) is 0 Å². The van der Waals surface area contributed by atoms with Gasteiger partial charge in [-0.1, -0.05) is 0 Å². The Kier molecular flexibility index (Phi) is 6.58. The summed E-state index contributed by atoms with van der Waals surface area (Å²) in [6.45, 7) is 6.73. The number of halogens is 1. The van der Waals surface area contributed by atoms with Crippen molar-refractivity contribution in [3.8, 4) is 0 Å². The molecule has 0 fully saturated rings. The van der Waals surface area contributed by atoms with Gasteiger partial charge in [-0.3, -0.25) is 9.78 Å². The zero-order valence-electron chi connectivity index (χ0n) is 10.5. The summed E-state index contributed by atoms with van der Waals surface area (Å²) in [7, 11) is 0. The van der Waals surface area contributed by atoms with Crippen LogP contribution in [0.4, 0.5) is 5.69 Å². The second-order valence-electron chi connectivity index (χ2n) is 4.03. The normalized spacial score (nSPS) is 9.88. The van der Waals surface area contributed by atoms with E-state index in [1.54, 1.807) is 18.3 Å². The molecule has 0 spiro atoms. The van der Waals surface area contributed by atoms with Crippen LogP contribution in [0.2, 0.25) is 0 Å². The number of likely N-dealkylation sites (N-methyl/N-ethyl adjacent to an activating group) is 1. The summed E-state index contributed by atoms with van der Waals surface area (Å²) < 4.78 is 0. The van der Waals surface area contributed by atoms with E-state index in [0.29, 0.717) is 12.1 Å². The van der Waals surface area contributed by atoms with Crippen molar-refractivity contribution in [1.82, 2.24) is 9.88 Å². The minimum Gasteiger partial charge on any atom is -0.397 e. The van der Waals surface area contributed by atoms with Gasteiger partial charge in [-0.05, 0) is 32.9 Å². The first kappa shape index (κ1) is 15.7. The van der Waals surface area contributed by atoms with Crippen molar-refractivity contribution in [3.05, 3.63) is 24.0 Å². The lowest BCUT2D eigenvalue weighted by atomic mass is 10.2. The fourth-order valence-electron chi connectivity index (χ4n) is 1.63. The van der Waals surface area contributed by atoms with Gasteiger partial charge in [-0.2, -0.15) is 0 Å². The third kappa shape index (κ3) is 4.61. The molecule has 0 unspecified atom stereocenters. The maximum Gasteiger partial charge on any atom is 0.228 e. The summed E-state index contributed by atoms with van der Waals surface area (Å²) in [5.74, 6) is 0.106. The van der Waals surface area contributed by atoms with Gasteiger partial charge in [0.25, 0.3) is 0 Å². The second kappa shape index (κ2) is 7.12. The van der Waals surface area contributed by atoms with E-state index >= 15 is 0 Å². The summed E-state index contributed by atoms with van der Waals surface area (Å²) in [5.41, 5.74) is 6.91. The summed E-state index contributed by atoms with van der Waals surface area (Å²) in [5, 5.41) is 0. The SMILES string of the molecule is CCN(C(=O)Cc1ccc(N)cn1)C(C)C.Cl. The van der Waals surface area contributed by atoms with Crippen LogP contribution in [-0.2, 0) is 11.2 Å². The van der Waals surface area contributed by atoms with Crippen molar-refractivity contribution in [2.45, 2.75) is 33.2 Å². The molecule has 1 amide bonds. The molecule has 2 N–H and O–H groups in total. The van der Waals surface area contributed by atoms with Crippen LogP contribution in [0.15, 0.2) is 18.3 Å². The van der Waals surface area contributed by atoms with Crippen molar-refractivity contribution in [2.75, 3.05) is 12.3 Å². The quantitative estimate of drug-likeness (QED) is 0.896. The van der Waals surface area contributed by atoms with E-state index in [1.165, 1.54) is 0 Å². The van der Waals surface area contributed by atoms with Gasteiger partial charge < -0.3 is 10.6 Å². The highest BCUT2D eigenvalue weighted by molar-refractivity contribution is 5.85. The number of amides is 1. The first-order valence-corrected chi connectivity index (χ1v) is 5.54. The summed E-state index contributed by atoms with van der Waals surface area (Å²) in [4.78, 5) is 17.9. The first-order valence-electron chi connectivity index (χ1n) is 5.54. The molecule has 1 aromatic heterocycles. The third-order valence-electron chi connectivity index (χ3n) is 2.46. The molecular formula is C12H20ClN3O. The van der Waals surface area contributed by atoms with Crippen molar-refractivity contribution < 1.29 is 4.79 Å². The molecule has 0 saturated carbocycles. The average Bonchev–Trinajstić information content (AvgIpc) is 2.22. The number of rotatable bonds is 4. The number of carbonyl (C=O) groups is 1. The number of aromatic nitrogens is 1. The Morgan fingerprint density at radius 2 is 2.12 bits per heavy atom. The Hall–Kier alpha value is -1.29. The van der Waals surface area contributed by atoms with Gasteiger partial charge in [0, 0.05) is 18.3 Å². The molecule has 0 bridgehead atoms. The topological polar surface area (TPSA) is 59.2 Å². The minimum absolute atomic E-state index is 0. The Balaban J connectivity index is 0.00000256. The first-order chi connectivity index (χ1) is 7.54. The number of carbonyl (C=O) groups excluding carboxylic acids is 1. The molecule has 4 nitrogen and oxygen atoms in total. The van der Waals surface area contributed by atoms with E-state index in [0.717, 1.165) is 12.2 Å². The van der Waals surface area contributed by atoms with Gasteiger partial charge in [0.2, 0.25) is 5.91 Å². The molecule has 0 aliphatic rings. The molecule has 17 heavy (non-hydrogen) atoms. The standard InChI is InChI=1S/C12H19N3O.ClH/c1-4-15(9(2)3)12(16)7-11-6-5-10(13)8-14-11;/h5-6,8-9H,4,7,13H2,1-3H3;1H. The van der Waals surface area contributed by atoms with Crippen LogP contribution in [0.3, 0.4) is 0 Å². The average molecular weight is 258 g/mol. The molecule has 1 rings (SSSR count). The van der Waals surface area contributed by atoms with Gasteiger partial charge in [-0.25, -0.2) is 0 Å². The molecule has 0 aliphatic carbocycles. The van der Waals surface area contributed by atoms with Gasteiger partial charge in [-0.15, -0.1) is 12.4 Å². The van der Waals surface area contributed by atoms with E-state index < -0.39 is 0 Å². The largest absolute Gasteiger partial charge is 0.397 e. The highest BCUT2D eigenvalue weighted by atomic mass is 35.5. The zero-order valence-corrected chi connectivity index (χ0v) is 11.3. The lowest BCUT2D eigenvalue weighted by Gasteiger charge is -2.25. The maximum atomic E-state index is 11.9. The molecule has 1 heterocycles. The Bertz CT molecular complexity index is 351. The van der Waals surface area contributed by atoms with E-state index in [1.807, 2.05) is 25.7 Å². The highest BCUT2D eigenvalue weighted by Crippen LogP contribution is 2.06. The van der Waals surface area contributed by atoms with Crippen LogP contribution in [0.25, 0.3) is 0 Å². The summed E-state index contributed by atoms with van der Waals surface area (Å²) in [6.07, 6.45) is 1.92. The fraction of sp³-hybridized carbons (Fsp3) is 0.500. The van der Waals surface area contributed by atoms with Crippen molar-refractivity contribution in [2.24, 2.45) is 0 Å². The fourth-order valence-corrected chi connectivity index (χ4v) is 1.63. The zero-order chi connectivity index (χ0) is 12.1. The predicted octanol–water partition coefficient (Wildman–Crippen LogP) is 1.89. The summed E-state index contributed by atoms with van der Waals surface area (Å²) in [6, 6.07) is 3.79.